The summed E-state index contributed by atoms with van der Waals surface area (Å²) in [6, 6.07) is 0. The quantitative estimate of drug-likeness (QED) is 0.669. The second kappa shape index (κ2) is 6.92. The van der Waals surface area contributed by atoms with Gasteiger partial charge in [0, 0.05) is 0 Å². The van der Waals surface area contributed by atoms with Crippen LogP contribution in [0.15, 0.2) is 11.6 Å². The van der Waals surface area contributed by atoms with Gasteiger partial charge in [0.05, 0.1) is 6.10 Å². The summed E-state index contributed by atoms with van der Waals surface area (Å²) in [7, 11) is 0. The van der Waals surface area contributed by atoms with Crippen LogP contribution in [0.5, 0.6) is 0 Å². The van der Waals surface area contributed by atoms with Gasteiger partial charge in [0.25, 0.3) is 0 Å². The van der Waals surface area contributed by atoms with Crippen LogP contribution in [0.1, 0.15) is 85.0 Å². The largest absolute Gasteiger partial charge is 0.393 e. The molecule has 4 aliphatic rings. The third-order valence-corrected chi connectivity index (χ3v) is 9.70. The molecule has 0 heterocycles. The van der Waals surface area contributed by atoms with E-state index in [0.29, 0.717) is 10.8 Å². The van der Waals surface area contributed by atoms with Crippen LogP contribution in [0.2, 0.25) is 0 Å². The molecule has 2 nitrogen and oxygen atoms in total. The average Bonchev–Trinajstić information content (AvgIpc) is 2.97. The number of allylic oxidation sites excluding steroid dienone is 1. The van der Waals surface area contributed by atoms with Crippen LogP contribution in [0, 0.1) is 40.4 Å². The summed E-state index contributed by atoms with van der Waals surface area (Å²) >= 11 is 0. The standard InChI is InChI=1S/C24H41NO/c1-16(5-4-14-25)20-8-9-21-19-7-6-17-15-18(26)10-12-23(17,2)22(19)11-13-24(20,21)3/h6,16,18-22,26H,4-5,7-15,25H2,1-3H3/t16-,18+,19+,20-,21+,22+,23+,24-/m1/s1. The van der Waals surface area contributed by atoms with Gasteiger partial charge in [0.1, 0.15) is 0 Å². The highest BCUT2D eigenvalue weighted by Crippen LogP contribution is 2.67. The Balaban J connectivity index is 1.56. The van der Waals surface area contributed by atoms with Gasteiger partial charge in [-0.05, 0) is 111 Å². The second-order valence-corrected chi connectivity index (χ2v) is 10.8. The first kappa shape index (κ1) is 19.0. The van der Waals surface area contributed by atoms with Crippen LogP contribution in [0.3, 0.4) is 0 Å². The maximum atomic E-state index is 10.2. The molecule has 0 amide bonds. The van der Waals surface area contributed by atoms with E-state index in [4.69, 9.17) is 5.73 Å². The number of hydrogen-bond acceptors (Lipinski definition) is 2. The van der Waals surface area contributed by atoms with Crippen LogP contribution in [-0.2, 0) is 0 Å². The maximum Gasteiger partial charge on any atom is 0.0577 e. The molecule has 148 valence electrons. The fraction of sp³-hybridized carbons (Fsp3) is 0.917. The zero-order valence-electron chi connectivity index (χ0n) is 17.3. The zero-order valence-corrected chi connectivity index (χ0v) is 17.3. The molecule has 3 N–H and O–H groups in total. The van der Waals surface area contributed by atoms with Crippen LogP contribution < -0.4 is 5.73 Å². The molecule has 0 spiro atoms. The van der Waals surface area contributed by atoms with E-state index in [1.54, 1.807) is 5.57 Å². The van der Waals surface area contributed by atoms with Gasteiger partial charge in [-0.1, -0.05) is 32.4 Å². The van der Waals surface area contributed by atoms with Crippen LogP contribution in [-0.4, -0.2) is 17.8 Å². The Morgan fingerprint density at radius 3 is 2.73 bits per heavy atom. The van der Waals surface area contributed by atoms with E-state index in [-0.39, 0.29) is 6.10 Å². The van der Waals surface area contributed by atoms with Crippen molar-refractivity contribution in [3.05, 3.63) is 11.6 Å². The topological polar surface area (TPSA) is 46.2 Å². The number of hydrogen-bond donors (Lipinski definition) is 2. The van der Waals surface area contributed by atoms with Gasteiger partial charge in [0.2, 0.25) is 0 Å². The predicted molar refractivity (Wildman–Crippen MR) is 109 cm³/mol. The lowest BCUT2D eigenvalue weighted by molar-refractivity contribution is -0.0572. The van der Waals surface area contributed by atoms with Gasteiger partial charge >= 0.3 is 0 Å². The Hall–Kier alpha value is -0.340. The van der Waals surface area contributed by atoms with Crippen molar-refractivity contribution >= 4 is 0 Å². The Kier molecular flexibility index (Phi) is 5.06. The summed E-state index contributed by atoms with van der Waals surface area (Å²) in [4.78, 5) is 0. The highest BCUT2D eigenvalue weighted by Gasteiger charge is 2.58. The minimum atomic E-state index is -0.0843. The summed E-state index contributed by atoms with van der Waals surface area (Å²) in [5.74, 6) is 4.43. The maximum absolute atomic E-state index is 10.2. The van der Waals surface area contributed by atoms with Crippen LogP contribution in [0.4, 0.5) is 0 Å². The van der Waals surface area contributed by atoms with Crippen molar-refractivity contribution in [3.63, 3.8) is 0 Å². The molecule has 0 saturated heterocycles. The SMILES string of the molecule is C[C@H](CCCN)[C@H]1CC[C@H]2[C@@H]3CC=C4C[C@@H](O)CC[C@]4(C)[C@H]3CC[C@]12C. The molecule has 0 aromatic carbocycles. The third kappa shape index (κ3) is 2.82. The predicted octanol–water partition coefficient (Wildman–Crippen LogP) is 5.30. The molecule has 0 radical (unpaired) electrons. The Labute approximate surface area is 161 Å². The summed E-state index contributed by atoms with van der Waals surface area (Å²) in [5.41, 5.74) is 8.34. The lowest BCUT2D eigenvalue weighted by atomic mass is 9.47. The van der Waals surface area contributed by atoms with Crippen molar-refractivity contribution in [2.75, 3.05) is 6.54 Å². The van der Waals surface area contributed by atoms with Crippen molar-refractivity contribution in [1.29, 1.82) is 0 Å². The Morgan fingerprint density at radius 2 is 1.96 bits per heavy atom. The molecule has 3 saturated carbocycles. The Morgan fingerprint density at radius 1 is 1.15 bits per heavy atom. The summed E-state index contributed by atoms with van der Waals surface area (Å²) in [5, 5.41) is 10.2. The molecule has 8 atom stereocenters. The number of nitrogens with two attached hydrogens (primary N) is 1. The number of aliphatic hydroxyl groups is 1. The van der Waals surface area contributed by atoms with E-state index in [9.17, 15) is 5.11 Å². The summed E-state index contributed by atoms with van der Waals surface area (Å²) in [6.07, 6.45) is 15.2. The molecule has 0 aromatic rings. The van der Waals surface area contributed by atoms with Crippen LogP contribution >= 0.6 is 0 Å². The fourth-order valence-corrected chi connectivity index (χ4v) is 8.26. The van der Waals surface area contributed by atoms with Crippen molar-refractivity contribution in [2.24, 2.45) is 46.2 Å². The molecular weight excluding hydrogens is 318 g/mol. The van der Waals surface area contributed by atoms with E-state index >= 15 is 0 Å². The lowest BCUT2D eigenvalue weighted by Crippen LogP contribution is -2.50. The molecule has 4 aliphatic carbocycles. The third-order valence-electron chi connectivity index (χ3n) is 9.70. The summed E-state index contributed by atoms with van der Waals surface area (Å²) < 4.78 is 0. The van der Waals surface area contributed by atoms with Gasteiger partial charge in [-0.3, -0.25) is 0 Å². The minimum absolute atomic E-state index is 0.0843. The van der Waals surface area contributed by atoms with Crippen LogP contribution in [0.25, 0.3) is 0 Å². The first-order chi connectivity index (χ1) is 12.4. The first-order valence-electron chi connectivity index (χ1n) is 11.5. The van der Waals surface area contributed by atoms with E-state index in [1.807, 2.05) is 0 Å². The molecule has 0 aromatic heterocycles. The van der Waals surface area contributed by atoms with Crippen molar-refractivity contribution in [2.45, 2.75) is 91.1 Å². The smallest absolute Gasteiger partial charge is 0.0577 e. The number of fused-ring (bicyclic) bond motifs is 5. The second-order valence-electron chi connectivity index (χ2n) is 10.8. The average molecular weight is 360 g/mol. The van der Waals surface area contributed by atoms with Gasteiger partial charge in [0.15, 0.2) is 0 Å². The van der Waals surface area contributed by atoms with Gasteiger partial charge in [-0.25, -0.2) is 0 Å². The van der Waals surface area contributed by atoms with Crippen molar-refractivity contribution in [3.8, 4) is 0 Å². The van der Waals surface area contributed by atoms with Gasteiger partial charge in [-0.2, -0.15) is 0 Å². The monoisotopic (exact) mass is 359 g/mol. The molecule has 0 unspecified atom stereocenters. The zero-order chi connectivity index (χ0) is 18.5. The van der Waals surface area contributed by atoms with Gasteiger partial charge in [-0.15, -0.1) is 0 Å². The molecule has 0 bridgehead atoms. The fourth-order valence-electron chi connectivity index (χ4n) is 8.26. The summed E-state index contributed by atoms with van der Waals surface area (Å²) in [6.45, 7) is 8.54. The van der Waals surface area contributed by atoms with E-state index in [1.165, 1.54) is 51.4 Å². The Bertz CT molecular complexity index is 556. The van der Waals surface area contributed by atoms with Gasteiger partial charge < -0.3 is 10.8 Å². The molecule has 26 heavy (non-hydrogen) atoms. The van der Waals surface area contributed by atoms with E-state index in [2.05, 4.69) is 26.8 Å². The first-order valence-corrected chi connectivity index (χ1v) is 11.5. The molecular formula is C24H41NO. The highest BCUT2D eigenvalue weighted by molar-refractivity contribution is 5.25. The van der Waals surface area contributed by atoms with Crippen molar-refractivity contribution in [1.82, 2.24) is 0 Å². The molecule has 2 heteroatoms. The lowest BCUT2D eigenvalue weighted by Gasteiger charge is -2.58. The number of aliphatic hydroxyl groups excluding tert-OH is 1. The van der Waals surface area contributed by atoms with E-state index < -0.39 is 0 Å². The number of rotatable bonds is 4. The van der Waals surface area contributed by atoms with E-state index in [0.717, 1.165) is 49.0 Å². The minimum Gasteiger partial charge on any atom is -0.393 e. The molecule has 0 aliphatic heterocycles. The van der Waals surface area contributed by atoms with Crippen molar-refractivity contribution < 1.29 is 5.11 Å². The highest BCUT2D eigenvalue weighted by atomic mass is 16.3. The molecule has 3 fully saturated rings. The molecule has 4 rings (SSSR count). The normalized spacial score (nSPS) is 49.0.